The molecule has 2 aromatic rings. The van der Waals surface area contributed by atoms with Crippen LogP contribution in [0.25, 0.3) is 0 Å². The molecular formula is C20H25ClN4O3. The minimum atomic E-state index is -0.0803. The Hall–Kier alpha value is -2.35. The van der Waals surface area contributed by atoms with Crippen molar-refractivity contribution in [3.63, 3.8) is 0 Å². The largest absolute Gasteiger partial charge is 0.493 e. The van der Waals surface area contributed by atoms with E-state index in [-0.39, 0.29) is 5.91 Å². The number of amides is 1. The third-order valence-electron chi connectivity index (χ3n) is 4.72. The van der Waals surface area contributed by atoms with Crippen molar-refractivity contribution in [1.82, 2.24) is 14.8 Å². The summed E-state index contributed by atoms with van der Waals surface area (Å²) in [6.45, 7) is 4.65. The monoisotopic (exact) mass is 404 g/mol. The van der Waals surface area contributed by atoms with E-state index in [2.05, 4.69) is 26.2 Å². The quantitative estimate of drug-likeness (QED) is 0.715. The molecule has 0 radical (unpaired) electrons. The van der Waals surface area contributed by atoms with Crippen LogP contribution in [0.1, 0.15) is 5.56 Å². The number of halogens is 1. The van der Waals surface area contributed by atoms with Gasteiger partial charge in [0.25, 0.3) is 0 Å². The van der Waals surface area contributed by atoms with E-state index in [1.54, 1.807) is 32.5 Å². The third-order valence-corrected chi connectivity index (χ3v) is 5.02. The Kier molecular flexibility index (Phi) is 7.08. The second-order valence-corrected chi connectivity index (χ2v) is 6.99. The number of nitrogens with zero attached hydrogens (tertiary/aromatic N) is 3. The number of piperazine rings is 1. The standard InChI is InChI=1S/C20H25ClN4O3/c1-27-17-6-5-15(12-18(17)28-2)13-24-8-10-25(11-9-24)14-19(26)23-16-4-3-7-22-20(16)21/h3-7,12H,8-11,13-14H2,1-2H3,(H,23,26). The van der Waals surface area contributed by atoms with Crippen molar-refractivity contribution in [2.45, 2.75) is 6.54 Å². The van der Waals surface area contributed by atoms with Gasteiger partial charge < -0.3 is 14.8 Å². The lowest BCUT2D eigenvalue weighted by molar-refractivity contribution is -0.117. The van der Waals surface area contributed by atoms with E-state index in [4.69, 9.17) is 21.1 Å². The first-order chi connectivity index (χ1) is 13.6. The number of pyridine rings is 1. The van der Waals surface area contributed by atoms with E-state index in [0.29, 0.717) is 17.4 Å². The van der Waals surface area contributed by atoms with Crippen LogP contribution in [0.2, 0.25) is 5.15 Å². The van der Waals surface area contributed by atoms with Gasteiger partial charge in [-0.1, -0.05) is 17.7 Å². The predicted octanol–water partition coefficient (Wildman–Crippen LogP) is 2.51. The Balaban J connectivity index is 1.47. The van der Waals surface area contributed by atoms with Crippen LogP contribution in [0.15, 0.2) is 36.5 Å². The normalized spacial score (nSPS) is 15.2. The summed E-state index contributed by atoms with van der Waals surface area (Å²) in [7, 11) is 3.28. The molecular weight excluding hydrogens is 380 g/mol. The molecule has 0 bridgehead atoms. The van der Waals surface area contributed by atoms with Gasteiger partial charge in [0.05, 0.1) is 26.5 Å². The van der Waals surface area contributed by atoms with Crippen LogP contribution in [-0.4, -0.2) is 67.6 Å². The molecule has 0 unspecified atom stereocenters. The van der Waals surface area contributed by atoms with Crippen LogP contribution in [0.3, 0.4) is 0 Å². The molecule has 1 saturated heterocycles. The van der Waals surface area contributed by atoms with Gasteiger partial charge in [-0.3, -0.25) is 14.6 Å². The lowest BCUT2D eigenvalue weighted by Crippen LogP contribution is -2.48. The lowest BCUT2D eigenvalue weighted by atomic mass is 10.1. The van der Waals surface area contributed by atoms with Crippen molar-refractivity contribution >= 4 is 23.2 Å². The minimum Gasteiger partial charge on any atom is -0.493 e. The van der Waals surface area contributed by atoms with Crippen LogP contribution in [-0.2, 0) is 11.3 Å². The molecule has 0 atom stereocenters. The molecule has 1 fully saturated rings. The molecule has 1 N–H and O–H groups in total. The summed E-state index contributed by atoms with van der Waals surface area (Å²) >= 11 is 5.98. The Bertz CT molecular complexity index is 810. The number of nitrogens with one attached hydrogen (secondary N) is 1. The lowest BCUT2D eigenvalue weighted by Gasteiger charge is -2.34. The SMILES string of the molecule is COc1ccc(CN2CCN(CC(=O)Nc3cccnc3Cl)CC2)cc1OC. The molecule has 1 aromatic carbocycles. The van der Waals surface area contributed by atoms with Gasteiger partial charge in [-0.2, -0.15) is 0 Å². The molecule has 1 aliphatic heterocycles. The van der Waals surface area contributed by atoms with E-state index < -0.39 is 0 Å². The highest BCUT2D eigenvalue weighted by Crippen LogP contribution is 2.28. The van der Waals surface area contributed by atoms with Crippen molar-refractivity contribution < 1.29 is 14.3 Å². The average molecular weight is 405 g/mol. The topological polar surface area (TPSA) is 66.9 Å². The molecule has 150 valence electrons. The van der Waals surface area contributed by atoms with Crippen LogP contribution < -0.4 is 14.8 Å². The van der Waals surface area contributed by atoms with E-state index in [9.17, 15) is 4.79 Å². The third kappa shape index (κ3) is 5.34. The van der Waals surface area contributed by atoms with Gasteiger partial charge in [-0.15, -0.1) is 0 Å². The molecule has 8 heteroatoms. The van der Waals surface area contributed by atoms with Crippen molar-refractivity contribution in [3.8, 4) is 11.5 Å². The number of hydrogen-bond donors (Lipinski definition) is 1. The summed E-state index contributed by atoms with van der Waals surface area (Å²) in [5.74, 6) is 1.39. The van der Waals surface area contributed by atoms with Gasteiger partial charge in [0, 0.05) is 38.9 Å². The second-order valence-electron chi connectivity index (χ2n) is 6.63. The average Bonchev–Trinajstić information content (AvgIpc) is 2.71. The Labute approximate surface area is 170 Å². The maximum atomic E-state index is 12.3. The number of aromatic nitrogens is 1. The smallest absolute Gasteiger partial charge is 0.238 e. The summed E-state index contributed by atoms with van der Waals surface area (Å²) in [4.78, 5) is 20.7. The summed E-state index contributed by atoms with van der Waals surface area (Å²) < 4.78 is 10.7. The first-order valence-electron chi connectivity index (χ1n) is 9.15. The van der Waals surface area contributed by atoms with Crippen molar-refractivity contribution in [2.24, 2.45) is 0 Å². The summed E-state index contributed by atoms with van der Waals surface area (Å²) in [6.07, 6.45) is 1.59. The van der Waals surface area contributed by atoms with E-state index in [0.717, 1.165) is 44.2 Å². The van der Waals surface area contributed by atoms with E-state index in [1.165, 1.54) is 5.56 Å². The fourth-order valence-electron chi connectivity index (χ4n) is 3.21. The van der Waals surface area contributed by atoms with Crippen LogP contribution in [0.5, 0.6) is 11.5 Å². The first kappa shape index (κ1) is 20.4. The van der Waals surface area contributed by atoms with Crippen molar-refractivity contribution in [1.29, 1.82) is 0 Å². The van der Waals surface area contributed by atoms with Crippen molar-refractivity contribution in [2.75, 3.05) is 52.3 Å². The number of ether oxygens (including phenoxy) is 2. The Morgan fingerprint density at radius 2 is 1.82 bits per heavy atom. The minimum absolute atomic E-state index is 0.0803. The maximum Gasteiger partial charge on any atom is 0.238 e. The maximum absolute atomic E-state index is 12.3. The van der Waals surface area contributed by atoms with E-state index >= 15 is 0 Å². The first-order valence-corrected chi connectivity index (χ1v) is 9.53. The zero-order valence-corrected chi connectivity index (χ0v) is 16.9. The zero-order chi connectivity index (χ0) is 19.9. The number of carbonyl (C=O) groups is 1. The van der Waals surface area contributed by atoms with Gasteiger partial charge >= 0.3 is 0 Å². The van der Waals surface area contributed by atoms with Gasteiger partial charge in [0.1, 0.15) is 0 Å². The van der Waals surface area contributed by atoms with Gasteiger partial charge in [-0.25, -0.2) is 4.98 Å². The van der Waals surface area contributed by atoms with E-state index in [1.807, 2.05) is 12.1 Å². The number of anilines is 1. The van der Waals surface area contributed by atoms with Crippen LogP contribution >= 0.6 is 11.6 Å². The number of rotatable bonds is 7. The number of methoxy groups -OCH3 is 2. The second kappa shape index (κ2) is 9.73. The molecule has 1 aliphatic rings. The van der Waals surface area contributed by atoms with Gasteiger partial charge in [0.15, 0.2) is 16.7 Å². The number of carbonyl (C=O) groups excluding carboxylic acids is 1. The zero-order valence-electron chi connectivity index (χ0n) is 16.2. The van der Waals surface area contributed by atoms with Crippen LogP contribution in [0, 0.1) is 0 Å². The molecule has 28 heavy (non-hydrogen) atoms. The predicted molar refractivity (Wildman–Crippen MR) is 109 cm³/mol. The number of hydrogen-bond acceptors (Lipinski definition) is 6. The Morgan fingerprint density at radius 3 is 2.50 bits per heavy atom. The highest BCUT2D eigenvalue weighted by atomic mass is 35.5. The Morgan fingerprint density at radius 1 is 1.11 bits per heavy atom. The highest BCUT2D eigenvalue weighted by molar-refractivity contribution is 6.32. The number of benzene rings is 1. The van der Waals surface area contributed by atoms with Crippen molar-refractivity contribution in [3.05, 3.63) is 47.2 Å². The molecule has 1 aromatic heterocycles. The summed E-state index contributed by atoms with van der Waals surface area (Å²) in [6, 6.07) is 9.48. The molecule has 7 nitrogen and oxygen atoms in total. The van der Waals surface area contributed by atoms with Crippen LogP contribution in [0.4, 0.5) is 5.69 Å². The highest BCUT2D eigenvalue weighted by Gasteiger charge is 2.20. The summed E-state index contributed by atoms with van der Waals surface area (Å²) in [5.41, 5.74) is 1.72. The summed E-state index contributed by atoms with van der Waals surface area (Å²) in [5, 5.41) is 3.12. The molecule has 3 rings (SSSR count). The molecule has 1 amide bonds. The van der Waals surface area contributed by atoms with Gasteiger partial charge in [-0.05, 0) is 29.8 Å². The fraction of sp³-hybridized carbons (Fsp3) is 0.400. The van der Waals surface area contributed by atoms with Gasteiger partial charge in [0.2, 0.25) is 5.91 Å². The molecule has 0 spiro atoms. The molecule has 0 saturated carbocycles. The molecule has 0 aliphatic carbocycles. The fourth-order valence-corrected chi connectivity index (χ4v) is 3.38. The molecule has 2 heterocycles.